The molecule has 17 aromatic rings. The molecule has 0 bridgehead atoms. The van der Waals surface area contributed by atoms with Gasteiger partial charge < -0.3 is 9.13 Å². The van der Waals surface area contributed by atoms with Crippen LogP contribution in [0, 0.1) is 34.0 Å². The Morgan fingerprint density at radius 3 is 0.898 bits per heavy atom. The van der Waals surface area contributed by atoms with Crippen LogP contribution in [0.15, 0.2) is 328 Å². The fourth-order valence-electron chi connectivity index (χ4n) is 13.9. The van der Waals surface area contributed by atoms with Crippen LogP contribution < -0.4 is 0 Å². The predicted octanol–water partition coefficient (Wildman–Crippen LogP) is 22.4. The van der Waals surface area contributed by atoms with E-state index in [2.05, 4.69) is 234 Å². The lowest BCUT2D eigenvalue weighted by Crippen LogP contribution is -2.06. The van der Waals surface area contributed by atoms with E-state index in [0.717, 1.165) is 150 Å². The first-order chi connectivity index (χ1) is 48.4. The molecule has 17 rings (SSSR count). The van der Waals surface area contributed by atoms with E-state index in [1.165, 1.54) is 0 Å². The van der Waals surface area contributed by atoms with Gasteiger partial charge in [-0.05, 0) is 181 Å². The van der Waals surface area contributed by atoms with E-state index >= 15 is 0 Å². The Labute approximate surface area is 566 Å². The van der Waals surface area contributed by atoms with Crippen molar-refractivity contribution in [2.24, 2.45) is 0 Å². The van der Waals surface area contributed by atoms with Crippen LogP contribution >= 0.6 is 0 Å². The molecule has 0 atom stereocenters. The van der Waals surface area contributed by atoms with E-state index < -0.39 is 0 Å². The molecule has 0 amide bonds. The minimum absolute atomic E-state index is 0.423. The number of fused-ring (bicyclic) bond motifs is 6. The molecule has 0 saturated carbocycles. The molecule has 0 spiro atoms. The number of nitriles is 3. The van der Waals surface area contributed by atoms with Gasteiger partial charge in [0.2, 0.25) is 0 Å². The third-order valence-corrected chi connectivity index (χ3v) is 18.7. The SMILES string of the molecule is N#Cc1cccc(-c2ccc(-c3nc(-c4ccc(-c5ccccc5C#N)cc4)nc(-c4ccc(-c5cccc(C#N)c5)cc4-n4c5ccc(-c6ccccc6)cc5c5cc(-c6ccccc6)ccc54)n3)c(-n3c4ccc(-c5ccccc5)cc4c4cc(-c5ccccc5)ccc43)c2)c1. The zero-order valence-corrected chi connectivity index (χ0v) is 52.8. The molecule has 0 unspecified atom stereocenters. The molecule has 0 aliphatic rings. The molecule has 0 radical (unpaired) electrons. The van der Waals surface area contributed by atoms with E-state index in [1.807, 2.05) is 121 Å². The monoisotopic (exact) mass is 1250 g/mol. The van der Waals surface area contributed by atoms with Crippen molar-refractivity contribution in [2.75, 3.05) is 0 Å². The van der Waals surface area contributed by atoms with E-state index in [9.17, 15) is 15.8 Å². The van der Waals surface area contributed by atoms with Crippen LogP contribution in [-0.2, 0) is 0 Å². The van der Waals surface area contributed by atoms with E-state index in [-0.39, 0.29) is 0 Å². The van der Waals surface area contributed by atoms with Gasteiger partial charge in [-0.15, -0.1) is 0 Å². The first kappa shape index (κ1) is 58.0. The standard InChI is InChI=1S/C90H54N8/c91-55-58-17-15-28-66(47-58)72-35-41-76(86(53-72)97-82-43-37-68(60-19-5-1-6-20-60)49-78(82)79-50-69(38-44-83(79)97)61-21-7-2-8-22-61)89-94-88(65-33-31-64(32-34-65)75-30-14-13-27-74(75)57-93)95-90(96-89)77-42-36-73(67-29-16-18-59(48-67)56-92)54-87(77)98-84-45-39-70(62-23-9-3-10-24-62)51-80(84)81-52-71(40-46-85(81)98)63-25-11-4-12-26-63/h1-54H. The summed E-state index contributed by atoms with van der Waals surface area (Å²) in [6.07, 6.45) is 0. The van der Waals surface area contributed by atoms with E-state index in [1.54, 1.807) is 0 Å². The minimum atomic E-state index is 0.423. The fourth-order valence-corrected chi connectivity index (χ4v) is 13.9. The summed E-state index contributed by atoms with van der Waals surface area (Å²) in [5.74, 6) is 1.28. The van der Waals surface area contributed by atoms with Crippen molar-refractivity contribution in [3.63, 3.8) is 0 Å². The average Bonchev–Trinajstić information content (AvgIpc) is 1.56. The van der Waals surface area contributed by atoms with Crippen molar-refractivity contribution in [2.45, 2.75) is 0 Å². The number of nitrogens with zero attached hydrogens (tertiary/aromatic N) is 8. The summed E-state index contributed by atoms with van der Waals surface area (Å²) in [6, 6.07) is 120. The lowest BCUT2D eigenvalue weighted by molar-refractivity contribution is 1.06. The van der Waals surface area contributed by atoms with Gasteiger partial charge in [0, 0.05) is 38.2 Å². The molecule has 454 valence electrons. The quantitative estimate of drug-likeness (QED) is 0.120. The molecule has 0 N–H and O–H groups in total. The van der Waals surface area contributed by atoms with Crippen LogP contribution in [-0.4, -0.2) is 24.1 Å². The first-order valence-corrected chi connectivity index (χ1v) is 32.5. The summed E-state index contributed by atoms with van der Waals surface area (Å²) < 4.78 is 4.68. The Hall–Kier alpha value is -13.8. The second-order valence-corrected chi connectivity index (χ2v) is 24.5. The Bertz CT molecular complexity index is 5610. The van der Waals surface area contributed by atoms with Gasteiger partial charge in [-0.2, -0.15) is 15.8 Å². The second kappa shape index (κ2) is 24.6. The molecule has 0 saturated heterocycles. The summed E-state index contributed by atoms with van der Waals surface area (Å²) in [4.78, 5) is 16.9. The van der Waals surface area contributed by atoms with E-state index in [0.29, 0.717) is 34.2 Å². The highest BCUT2D eigenvalue weighted by Crippen LogP contribution is 2.45. The Morgan fingerprint density at radius 1 is 0.214 bits per heavy atom. The van der Waals surface area contributed by atoms with Gasteiger partial charge in [0.05, 0.1) is 68.3 Å². The lowest BCUT2D eigenvalue weighted by atomic mass is 9.98. The van der Waals surface area contributed by atoms with Gasteiger partial charge in [-0.25, -0.2) is 15.0 Å². The molecule has 14 aromatic carbocycles. The van der Waals surface area contributed by atoms with Crippen LogP contribution in [0.25, 0.3) is 167 Å². The number of rotatable bonds is 12. The average molecular weight is 1250 g/mol. The Balaban J connectivity index is 0.956. The predicted molar refractivity (Wildman–Crippen MR) is 397 cm³/mol. The second-order valence-electron chi connectivity index (χ2n) is 24.5. The summed E-state index contributed by atoms with van der Waals surface area (Å²) in [7, 11) is 0. The maximum atomic E-state index is 10.3. The van der Waals surface area contributed by atoms with Gasteiger partial charge >= 0.3 is 0 Å². The normalized spacial score (nSPS) is 11.2. The van der Waals surface area contributed by atoms with Crippen molar-refractivity contribution in [1.29, 1.82) is 15.8 Å². The molecule has 0 fully saturated rings. The number of aromatic nitrogens is 5. The lowest BCUT2D eigenvalue weighted by Gasteiger charge is -2.18. The smallest absolute Gasteiger partial charge is 0.166 e. The fraction of sp³-hybridized carbons (Fsp3) is 0. The molecule has 0 aliphatic carbocycles. The first-order valence-electron chi connectivity index (χ1n) is 32.5. The summed E-state index contributed by atoms with van der Waals surface area (Å²) in [5.41, 5.74) is 23.5. The molecule has 98 heavy (non-hydrogen) atoms. The molecule has 8 heteroatoms. The Kier molecular flexibility index (Phi) is 14.5. The summed E-state index contributed by atoms with van der Waals surface area (Å²) >= 11 is 0. The maximum Gasteiger partial charge on any atom is 0.166 e. The van der Waals surface area contributed by atoms with Crippen molar-refractivity contribution >= 4 is 43.6 Å². The van der Waals surface area contributed by atoms with Crippen molar-refractivity contribution < 1.29 is 0 Å². The molecule has 0 aliphatic heterocycles. The zero-order valence-electron chi connectivity index (χ0n) is 52.8. The van der Waals surface area contributed by atoms with Crippen LogP contribution in [0.3, 0.4) is 0 Å². The van der Waals surface area contributed by atoms with E-state index in [4.69, 9.17) is 15.0 Å². The Morgan fingerprint density at radius 2 is 0.520 bits per heavy atom. The molecule has 3 heterocycles. The van der Waals surface area contributed by atoms with Crippen molar-refractivity contribution in [3.8, 4) is 142 Å². The van der Waals surface area contributed by atoms with Crippen LogP contribution in [0.2, 0.25) is 0 Å². The van der Waals surface area contributed by atoms with Gasteiger partial charge in [0.15, 0.2) is 17.5 Å². The van der Waals surface area contributed by atoms with Gasteiger partial charge in [-0.1, -0.05) is 224 Å². The summed E-state index contributed by atoms with van der Waals surface area (Å²) in [5, 5.41) is 35.1. The topological polar surface area (TPSA) is 120 Å². The third-order valence-electron chi connectivity index (χ3n) is 18.7. The van der Waals surface area contributed by atoms with Gasteiger partial charge in [-0.3, -0.25) is 0 Å². The molecular weight excluding hydrogens is 1190 g/mol. The number of hydrogen-bond donors (Lipinski definition) is 0. The highest BCUT2D eigenvalue weighted by Gasteiger charge is 2.25. The van der Waals surface area contributed by atoms with Crippen LogP contribution in [0.1, 0.15) is 16.7 Å². The molecular formula is C90H54N8. The highest BCUT2D eigenvalue weighted by atomic mass is 15.1. The third kappa shape index (κ3) is 10.5. The maximum absolute atomic E-state index is 10.3. The largest absolute Gasteiger partial charge is 0.308 e. The number of hydrogen-bond acceptors (Lipinski definition) is 6. The van der Waals surface area contributed by atoms with Crippen LogP contribution in [0.5, 0.6) is 0 Å². The molecule has 8 nitrogen and oxygen atoms in total. The van der Waals surface area contributed by atoms with Crippen LogP contribution in [0.4, 0.5) is 0 Å². The highest BCUT2D eigenvalue weighted by molar-refractivity contribution is 6.14. The zero-order chi connectivity index (χ0) is 65.6. The van der Waals surface area contributed by atoms with Crippen molar-refractivity contribution in [3.05, 3.63) is 344 Å². The minimum Gasteiger partial charge on any atom is -0.308 e. The van der Waals surface area contributed by atoms with Crippen molar-refractivity contribution in [1.82, 2.24) is 24.1 Å². The molecule has 3 aromatic heterocycles. The van der Waals surface area contributed by atoms with Gasteiger partial charge in [0.1, 0.15) is 0 Å². The van der Waals surface area contributed by atoms with Gasteiger partial charge in [0.25, 0.3) is 0 Å². The summed E-state index contributed by atoms with van der Waals surface area (Å²) in [6.45, 7) is 0. The number of benzene rings is 14.